The van der Waals surface area contributed by atoms with Crippen molar-refractivity contribution in [1.29, 1.82) is 5.26 Å². The van der Waals surface area contributed by atoms with Gasteiger partial charge in [-0.25, -0.2) is 8.42 Å². The van der Waals surface area contributed by atoms with Crippen molar-refractivity contribution in [2.24, 2.45) is 5.92 Å². The predicted octanol–water partition coefficient (Wildman–Crippen LogP) is 0.754. The molecule has 1 N–H and O–H groups in total. The van der Waals surface area contributed by atoms with Gasteiger partial charge in [0.05, 0.1) is 24.0 Å². The maximum atomic E-state index is 11.9. The summed E-state index contributed by atoms with van der Waals surface area (Å²) < 4.78 is 30.0. The van der Waals surface area contributed by atoms with Crippen LogP contribution in [0.25, 0.3) is 0 Å². The zero-order valence-corrected chi connectivity index (χ0v) is 12.4. The molecule has 1 aliphatic rings. The van der Waals surface area contributed by atoms with Gasteiger partial charge < -0.3 is 4.74 Å². The summed E-state index contributed by atoms with van der Waals surface area (Å²) in [5.41, 5.74) is 1.43. The highest BCUT2D eigenvalue weighted by Crippen LogP contribution is 2.47. The molecule has 1 amide bonds. The van der Waals surface area contributed by atoms with Crippen LogP contribution < -0.4 is 4.72 Å². The molecule has 0 aromatic heterocycles. The maximum absolute atomic E-state index is 11.9. The third-order valence-electron chi connectivity index (χ3n) is 3.38. The van der Waals surface area contributed by atoms with Gasteiger partial charge >= 0.3 is 0 Å². The lowest BCUT2D eigenvalue weighted by Gasteiger charge is -2.06. The molecule has 6 nitrogen and oxygen atoms in total. The van der Waals surface area contributed by atoms with Crippen LogP contribution in [0, 0.1) is 17.2 Å². The van der Waals surface area contributed by atoms with Crippen LogP contribution in [0.2, 0.25) is 0 Å². The number of carbonyl (C=O) groups excluding carboxylic acids is 1. The second-order valence-corrected chi connectivity index (χ2v) is 6.81. The monoisotopic (exact) mass is 308 g/mol. The molecule has 0 saturated heterocycles. The minimum Gasteiger partial charge on any atom is -0.384 e. The molecule has 1 aliphatic carbocycles. The Labute approximate surface area is 123 Å². The van der Waals surface area contributed by atoms with E-state index in [1.807, 2.05) is 12.1 Å². The topological polar surface area (TPSA) is 96.3 Å². The number of rotatable bonds is 6. The van der Waals surface area contributed by atoms with Crippen molar-refractivity contribution in [3.63, 3.8) is 0 Å². The molecule has 1 aromatic rings. The zero-order valence-electron chi connectivity index (χ0n) is 11.6. The molecule has 21 heavy (non-hydrogen) atoms. The van der Waals surface area contributed by atoms with Crippen molar-refractivity contribution in [1.82, 2.24) is 4.72 Å². The Morgan fingerprint density at radius 1 is 1.52 bits per heavy atom. The minimum absolute atomic E-state index is 0.0177. The van der Waals surface area contributed by atoms with Crippen molar-refractivity contribution in [3.8, 4) is 6.07 Å². The Morgan fingerprint density at radius 2 is 2.29 bits per heavy atom. The number of sulfonamides is 1. The van der Waals surface area contributed by atoms with Crippen molar-refractivity contribution in [3.05, 3.63) is 35.4 Å². The number of benzene rings is 1. The summed E-state index contributed by atoms with van der Waals surface area (Å²) in [5.74, 6) is -1.10. The number of ether oxygens (including phenoxy) is 1. The number of hydrogen-bond acceptors (Lipinski definition) is 5. The van der Waals surface area contributed by atoms with Crippen LogP contribution in [0.5, 0.6) is 0 Å². The molecule has 1 fully saturated rings. The lowest BCUT2D eigenvalue weighted by atomic mass is 10.1. The Morgan fingerprint density at radius 3 is 2.95 bits per heavy atom. The molecule has 2 atom stereocenters. The fraction of sp³-hybridized carbons (Fsp3) is 0.429. The molecule has 0 heterocycles. The van der Waals surface area contributed by atoms with E-state index >= 15 is 0 Å². The number of methoxy groups -OCH3 is 1. The van der Waals surface area contributed by atoms with E-state index in [4.69, 9.17) is 10.00 Å². The van der Waals surface area contributed by atoms with Crippen molar-refractivity contribution < 1.29 is 17.9 Å². The first-order valence-electron chi connectivity index (χ1n) is 6.50. The van der Waals surface area contributed by atoms with E-state index in [0.29, 0.717) is 12.0 Å². The Kier molecular flexibility index (Phi) is 4.60. The summed E-state index contributed by atoms with van der Waals surface area (Å²) >= 11 is 0. The molecule has 1 saturated carbocycles. The van der Waals surface area contributed by atoms with Gasteiger partial charge in [0.15, 0.2) is 0 Å². The Hall–Kier alpha value is -1.91. The molecule has 0 spiro atoms. The highest BCUT2D eigenvalue weighted by Gasteiger charge is 2.45. The SMILES string of the molecule is COCCS(=O)(=O)NC(=O)[C@H]1C[C@H]1c1cccc(C#N)c1. The van der Waals surface area contributed by atoms with Gasteiger partial charge in [-0.2, -0.15) is 5.26 Å². The average Bonchev–Trinajstić information content (AvgIpc) is 3.25. The molecule has 2 rings (SSSR count). The van der Waals surface area contributed by atoms with Crippen LogP contribution in [0.4, 0.5) is 0 Å². The molecule has 0 aliphatic heterocycles. The van der Waals surface area contributed by atoms with Crippen molar-refractivity contribution in [2.45, 2.75) is 12.3 Å². The van der Waals surface area contributed by atoms with Gasteiger partial charge in [0.25, 0.3) is 0 Å². The summed E-state index contributed by atoms with van der Waals surface area (Å²) in [6.07, 6.45) is 0.598. The smallest absolute Gasteiger partial charge is 0.237 e. The van der Waals surface area contributed by atoms with Crippen molar-refractivity contribution >= 4 is 15.9 Å². The van der Waals surface area contributed by atoms with Crippen LogP contribution in [0.15, 0.2) is 24.3 Å². The lowest BCUT2D eigenvalue weighted by Crippen LogP contribution is -2.35. The average molecular weight is 308 g/mol. The lowest BCUT2D eigenvalue weighted by molar-refractivity contribution is -0.120. The zero-order chi connectivity index (χ0) is 15.5. The van der Waals surface area contributed by atoms with Gasteiger partial charge in [0.1, 0.15) is 0 Å². The first-order valence-corrected chi connectivity index (χ1v) is 8.15. The number of amides is 1. The van der Waals surface area contributed by atoms with Crippen LogP contribution in [-0.2, 0) is 19.6 Å². The van der Waals surface area contributed by atoms with E-state index in [9.17, 15) is 13.2 Å². The molecular weight excluding hydrogens is 292 g/mol. The molecule has 112 valence electrons. The Balaban J connectivity index is 1.96. The summed E-state index contributed by atoms with van der Waals surface area (Å²) in [5, 5.41) is 8.85. The van der Waals surface area contributed by atoms with Crippen LogP contribution >= 0.6 is 0 Å². The summed E-state index contributed by atoms with van der Waals surface area (Å²) in [6.45, 7) is 0.0426. The number of nitrogens with zero attached hydrogens (tertiary/aromatic N) is 1. The van der Waals surface area contributed by atoms with Crippen LogP contribution in [0.1, 0.15) is 23.5 Å². The summed E-state index contributed by atoms with van der Waals surface area (Å²) in [7, 11) is -2.24. The summed E-state index contributed by atoms with van der Waals surface area (Å²) in [4.78, 5) is 11.9. The van der Waals surface area contributed by atoms with Crippen LogP contribution in [-0.4, -0.2) is 33.8 Å². The van der Waals surface area contributed by atoms with Gasteiger partial charge in [-0.15, -0.1) is 0 Å². The van der Waals surface area contributed by atoms with Gasteiger partial charge in [-0.1, -0.05) is 12.1 Å². The van der Waals surface area contributed by atoms with E-state index < -0.39 is 15.9 Å². The summed E-state index contributed by atoms with van der Waals surface area (Å²) in [6, 6.07) is 9.08. The fourth-order valence-electron chi connectivity index (χ4n) is 2.17. The first-order chi connectivity index (χ1) is 9.96. The highest BCUT2D eigenvalue weighted by atomic mass is 32.2. The maximum Gasteiger partial charge on any atom is 0.237 e. The fourth-order valence-corrected chi connectivity index (χ4v) is 3.11. The minimum atomic E-state index is -3.64. The van der Waals surface area contributed by atoms with Gasteiger partial charge in [0, 0.05) is 13.0 Å². The van der Waals surface area contributed by atoms with E-state index in [1.165, 1.54) is 7.11 Å². The van der Waals surface area contributed by atoms with E-state index in [2.05, 4.69) is 4.72 Å². The number of nitriles is 1. The van der Waals surface area contributed by atoms with Gasteiger partial charge in [0.2, 0.25) is 15.9 Å². The third-order valence-corrected chi connectivity index (χ3v) is 4.60. The van der Waals surface area contributed by atoms with E-state index in [1.54, 1.807) is 18.2 Å². The molecule has 0 unspecified atom stereocenters. The van der Waals surface area contributed by atoms with Crippen LogP contribution in [0.3, 0.4) is 0 Å². The second kappa shape index (κ2) is 6.24. The first kappa shape index (κ1) is 15.5. The van der Waals surface area contributed by atoms with Gasteiger partial charge in [-0.3, -0.25) is 9.52 Å². The molecule has 1 aromatic carbocycles. The van der Waals surface area contributed by atoms with E-state index in [-0.39, 0.29) is 24.2 Å². The molecule has 0 radical (unpaired) electrons. The third kappa shape index (κ3) is 4.03. The predicted molar refractivity (Wildman–Crippen MR) is 75.8 cm³/mol. The molecular formula is C14H16N2O4S. The van der Waals surface area contributed by atoms with Gasteiger partial charge in [-0.05, 0) is 30.0 Å². The quantitative estimate of drug-likeness (QED) is 0.836. The number of nitrogens with one attached hydrogen (secondary N) is 1. The van der Waals surface area contributed by atoms with Crippen molar-refractivity contribution in [2.75, 3.05) is 19.5 Å². The second-order valence-electron chi connectivity index (χ2n) is 4.96. The Bertz CT molecular complexity index is 678. The van der Waals surface area contributed by atoms with E-state index in [0.717, 1.165) is 5.56 Å². The molecule has 0 bridgehead atoms. The number of carbonyl (C=O) groups is 1. The molecule has 7 heteroatoms. The largest absolute Gasteiger partial charge is 0.384 e. The standard InChI is InChI=1S/C14H16N2O4S/c1-20-5-6-21(18,19)16-14(17)13-8-12(13)11-4-2-3-10(7-11)9-15/h2-4,7,12-13H,5-6,8H2,1H3,(H,16,17)/t12-,13-/m0/s1. The normalized spacial score (nSPS) is 20.6. The number of hydrogen-bond donors (Lipinski definition) is 1. The highest BCUT2D eigenvalue weighted by molar-refractivity contribution is 7.90.